The zero-order valence-electron chi connectivity index (χ0n) is 14.0. The van der Waals surface area contributed by atoms with Crippen LogP contribution in [0.15, 0.2) is 47.3 Å². The largest absolute Gasteiger partial charge is 0.472 e. The number of nitrogens with one attached hydrogen (secondary N) is 1. The van der Waals surface area contributed by atoms with Crippen LogP contribution in [0.1, 0.15) is 27.5 Å². The number of ether oxygens (including phenoxy) is 1. The topological polar surface area (TPSA) is 54.7 Å². The molecule has 0 aliphatic carbocycles. The number of amides is 1. The van der Waals surface area contributed by atoms with E-state index in [1.54, 1.807) is 6.07 Å². The van der Waals surface area contributed by atoms with E-state index in [9.17, 15) is 18.0 Å². The normalized spacial score (nSPS) is 17.0. The highest BCUT2D eigenvalue weighted by Crippen LogP contribution is 2.31. The molecule has 1 amide bonds. The van der Waals surface area contributed by atoms with Crippen LogP contribution in [0.4, 0.5) is 13.2 Å². The maximum Gasteiger partial charge on any atom is 0.416 e. The number of furan rings is 1. The summed E-state index contributed by atoms with van der Waals surface area (Å²) in [7, 11) is 0. The highest BCUT2D eigenvalue weighted by Gasteiger charge is 2.31. The van der Waals surface area contributed by atoms with Crippen LogP contribution in [0, 0.1) is 0 Å². The van der Waals surface area contributed by atoms with Gasteiger partial charge in [0, 0.05) is 19.6 Å². The molecule has 26 heavy (non-hydrogen) atoms. The van der Waals surface area contributed by atoms with Gasteiger partial charge in [0.15, 0.2) is 0 Å². The third kappa shape index (κ3) is 4.44. The molecule has 5 nitrogen and oxygen atoms in total. The smallest absolute Gasteiger partial charge is 0.416 e. The number of rotatable bonds is 5. The molecule has 0 radical (unpaired) electrons. The quantitative estimate of drug-likeness (QED) is 0.881. The van der Waals surface area contributed by atoms with Gasteiger partial charge in [0.25, 0.3) is 5.91 Å². The average Bonchev–Trinajstić information content (AvgIpc) is 3.17. The van der Waals surface area contributed by atoms with Crippen LogP contribution in [0.2, 0.25) is 0 Å². The first kappa shape index (κ1) is 18.5. The highest BCUT2D eigenvalue weighted by molar-refractivity contribution is 5.93. The van der Waals surface area contributed by atoms with E-state index in [2.05, 4.69) is 10.2 Å². The van der Waals surface area contributed by atoms with Crippen LogP contribution in [-0.2, 0) is 10.9 Å². The van der Waals surface area contributed by atoms with E-state index in [4.69, 9.17) is 9.15 Å². The Morgan fingerprint density at radius 3 is 2.42 bits per heavy atom. The zero-order chi connectivity index (χ0) is 18.6. The standard InChI is InChI=1S/C18H19F3N2O3/c19-18(20,21)15-3-1-13(2-4-15)16(23-6-9-25-10-7-23)11-22-17(24)14-5-8-26-12-14/h1-5,8,12,16H,6-7,9-11H2,(H,22,24)/t16-/m0/s1. The number of carbonyl (C=O) groups excluding carboxylic acids is 1. The van der Waals surface area contributed by atoms with Crippen molar-refractivity contribution in [2.45, 2.75) is 12.2 Å². The van der Waals surface area contributed by atoms with Crippen molar-refractivity contribution in [3.8, 4) is 0 Å². The first-order chi connectivity index (χ1) is 12.4. The molecule has 0 unspecified atom stereocenters. The van der Waals surface area contributed by atoms with Gasteiger partial charge in [0.05, 0.1) is 36.6 Å². The van der Waals surface area contributed by atoms with Gasteiger partial charge < -0.3 is 14.5 Å². The zero-order valence-corrected chi connectivity index (χ0v) is 14.0. The minimum Gasteiger partial charge on any atom is -0.472 e. The van der Waals surface area contributed by atoms with Gasteiger partial charge in [0.2, 0.25) is 0 Å². The molecule has 1 N–H and O–H groups in total. The Hall–Kier alpha value is -2.32. The summed E-state index contributed by atoms with van der Waals surface area (Å²) in [5, 5.41) is 2.82. The van der Waals surface area contributed by atoms with E-state index in [1.807, 2.05) is 0 Å². The lowest BCUT2D eigenvalue weighted by molar-refractivity contribution is -0.137. The molecule has 1 aliphatic heterocycles. The van der Waals surface area contributed by atoms with Gasteiger partial charge in [-0.2, -0.15) is 13.2 Å². The monoisotopic (exact) mass is 368 g/mol. The van der Waals surface area contributed by atoms with Gasteiger partial charge in [-0.15, -0.1) is 0 Å². The van der Waals surface area contributed by atoms with Crippen LogP contribution >= 0.6 is 0 Å². The van der Waals surface area contributed by atoms with Gasteiger partial charge in [-0.1, -0.05) is 12.1 Å². The summed E-state index contributed by atoms with van der Waals surface area (Å²) in [6, 6.07) is 6.38. The predicted octanol–water partition coefficient (Wildman–Crippen LogP) is 3.10. The summed E-state index contributed by atoms with van der Waals surface area (Å²) in [5.74, 6) is -0.288. The summed E-state index contributed by atoms with van der Waals surface area (Å²) in [6.07, 6.45) is -1.62. The van der Waals surface area contributed by atoms with Crippen molar-refractivity contribution in [3.63, 3.8) is 0 Å². The molecule has 2 aromatic rings. The number of carbonyl (C=O) groups is 1. The highest BCUT2D eigenvalue weighted by atomic mass is 19.4. The third-order valence-electron chi connectivity index (χ3n) is 4.35. The third-order valence-corrected chi connectivity index (χ3v) is 4.35. The fourth-order valence-electron chi connectivity index (χ4n) is 2.93. The van der Waals surface area contributed by atoms with Crippen LogP contribution in [0.25, 0.3) is 0 Å². The Balaban J connectivity index is 1.75. The number of benzene rings is 1. The predicted molar refractivity (Wildman–Crippen MR) is 87.6 cm³/mol. The summed E-state index contributed by atoms with van der Waals surface area (Å²) in [4.78, 5) is 14.2. The van der Waals surface area contributed by atoms with E-state index in [0.717, 1.165) is 12.1 Å². The van der Waals surface area contributed by atoms with Crippen molar-refractivity contribution >= 4 is 5.91 Å². The number of hydrogen-bond donors (Lipinski definition) is 1. The Labute approximate surface area is 148 Å². The Morgan fingerprint density at radius 1 is 1.15 bits per heavy atom. The molecule has 1 aromatic carbocycles. The molecule has 1 aromatic heterocycles. The van der Waals surface area contributed by atoms with Crippen LogP contribution in [0.3, 0.4) is 0 Å². The number of hydrogen-bond acceptors (Lipinski definition) is 4. The van der Waals surface area contributed by atoms with Crippen LogP contribution in [0.5, 0.6) is 0 Å². The second-order valence-electron chi connectivity index (χ2n) is 6.01. The molecule has 1 fully saturated rings. The minimum atomic E-state index is -4.37. The van der Waals surface area contributed by atoms with E-state index in [-0.39, 0.29) is 18.5 Å². The molecule has 3 rings (SSSR count). The molecule has 2 heterocycles. The summed E-state index contributed by atoms with van der Waals surface area (Å²) < 4.78 is 48.6. The fraction of sp³-hybridized carbons (Fsp3) is 0.389. The Kier molecular flexibility index (Phi) is 5.63. The van der Waals surface area contributed by atoms with Crippen LogP contribution in [-0.4, -0.2) is 43.7 Å². The van der Waals surface area contributed by atoms with E-state index in [0.29, 0.717) is 37.4 Å². The molecule has 0 spiro atoms. The molecular weight excluding hydrogens is 349 g/mol. The molecule has 1 atom stereocenters. The van der Waals surface area contributed by atoms with E-state index < -0.39 is 11.7 Å². The molecule has 1 saturated heterocycles. The van der Waals surface area contributed by atoms with Crippen molar-refractivity contribution in [1.82, 2.24) is 10.2 Å². The number of halogens is 3. The van der Waals surface area contributed by atoms with E-state index in [1.165, 1.54) is 24.7 Å². The maximum absolute atomic E-state index is 12.8. The average molecular weight is 368 g/mol. The lowest BCUT2D eigenvalue weighted by atomic mass is 10.0. The first-order valence-electron chi connectivity index (χ1n) is 8.24. The van der Waals surface area contributed by atoms with Crippen molar-refractivity contribution in [1.29, 1.82) is 0 Å². The number of nitrogens with zero attached hydrogens (tertiary/aromatic N) is 1. The second kappa shape index (κ2) is 7.92. The van der Waals surface area contributed by atoms with Gasteiger partial charge >= 0.3 is 6.18 Å². The van der Waals surface area contributed by atoms with Gasteiger partial charge in [-0.3, -0.25) is 9.69 Å². The van der Waals surface area contributed by atoms with E-state index >= 15 is 0 Å². The SMILES string of the molecule is O=C(NC[C@@H](c1ccc(C(F)(F)F)cc1)N1CCOCC1)c1ccoc1. The minimum absolute atomic E-state index is 0.239. The molecular formula is C18H19F3N2O3. The number of morpholine rings is 1. The number of alkyl halides is 3. The first-order valence-corrected chi connectivity index (χ1v) is 8.24. The molecule has 1 aliphatic rings. The maximum atomic E-state index is 12.8. The fourth-order valence-corrected chi connectivity index (χ4v) is 2.93. The second-order valence-corrected chi connectivity index (χ2v) is 6.01. The van der Waals surface area contributed by atoms with Crippen molar-refractivity contribution < 1.29 is 27.1 Å². The molecule has 0 saturated carbocycles. The Morgan fingerprint density at radius 2 is 1.85 bits per heavy atom. The molecule has 140 valence electrons. The molecule has 8 heteroatoms. The summed E-state index contributed by atoms with van der Waals surface area (Å²) >= 11 is 0. The van der Waals surface area contributed by atoms with Gasteiger partial charge in [0.1, 0.15) is 6.26 Å². The molecule has 0 bridgehead atoms. The van der Waals surface area contributed by atoms with Crippen LogP contribution < -0.4 is 5.32 Å². The summed E-state index contributed by atoms with van der Waals surface area (Å²) in [5.41, 5.74) is 0.426. The lowest BCUT2D eigenvalue weighted by Gasteiger charge is -2.35. The van der Waals surface area contributed by atoms with Crippen molar-refractivity contribution in [2.24, 2.45) is 0 Å². The van der Waals surface area contributed by atoms with Crippen molar-refractivity contribution in [2.75, 3.05) is 32.8 Å². The van der Waals surface area contributed by atoms with Crippen molar-refractivity contribution in [3.05, 3.63) is 59.5 Å². The summed E-state index contributed by atoms with van der Waals surface area (Å²) in [6.45, 7) is 2.66. The Bertz CT molecular complexity index is 708. The van der Waals surface area contributed by atoms with Gasteiger partial charge in [-0.25, -0.2) is 0 Å². The lowest BCUT2D eigenvalue weighted by Crippen LogP contribution is -2.43. The van der Waals surface area contributed by atoms with Gasteiger partial charge in [-0.05, 0) is 23.8 Å².